The second-order valence-electron chi connectivity index (χ2n) is 14.2. The lowest BCUT2D eigenvalue weighted by molar-refractivity contribution is 0.0484. The summed E-state index contributed by atoms with van der Waals surface area (Å²) in [5, 5.41) is 11.5. The van der Waals surface area contributed by atoms with Gasteiger partial charge in [0, 0.05) is 65.6 Å². The quantitative estimate of drug-likeness (QED) is 0.108. The van der Waals surface area contributed by atoms with Gasteiger partial charge in [-0.2, -0.15) is 0 Å². The molecule has 0 saturated carbocycles. The van der Waals surface area contributed by atoms with Crippen LogP contribution < -0.4 is 0 Å². The molecular formula is C32H43IN4O5SSi. The summed E-state index contributed by atoms with van der Waals surface area (Å²) >= 11 is 2.15. The second-order valence-corrected chi connectivity index (χ2v) is 23.0. The van der Waals surface area contributed by atoms with Crippen LogP contribution in [-0.4, -0.2) is 66.3 Å². The molecule has 4 heterocycles. The highest BCUT2D eigenvalue weighted by Crippen LogP contribution is 2.46. The minimum absolute atomic E-state index is 0.195. The van der Waals surface area contributed by atoms with E-state index in [9.17, 15) is 18.3 Å². The fourth-order valence-corrected chi connectivity index (χ4v) is 9.87. The lowest BCUT2D eigenvalue weighted by Crippen LogP contribution is -2.51. The Morgan fingerprint density at radius 2 is 1.93 bits per heavy atom. The van der Waals surface area contributed by atoms with Crippen LogP contribution in [0.1, 0.15) is 50.8 Å². The number of pyridine rings is 1. The Kier molecular flexibility index (Phi) is 9.04. The number of rotatable bonds is 8. The van der Waals surface area contributed by atoms with Gasteiger partial charge < -0.3 is 24.3 Å². The number of hydrogen-bond donors (Lipinski definition) is 2. The first-order valence-electron chi connectivity index (χ1n) is 15.1. The van der Waals surface area contributed by atoms with Gasteiger partial charge in [-0.25, -0.2) is 18.2 Å². The Balaban J connectivity index is 1.79. The minimum Gasteiger partial charge on any atom is -0.465 e. The van der Waals surface area contributed by atoms with E-state index >= 15 is 0 Å². The number of aryl methyl sites for hydroxylation is 1. The van der Waals surface area contributed by atoms with Gasteiger partial charge in [0.15, 0.2) is 0 Å². The number of H-pyrrole nitrogens is 1. The number of nitrogens with zero attached hydrogens (tertiary/aromatic N) is 3. The predicted molar refractivity (Wildman–Crippen MR) is 185 cm³/mol. The zero-order chi connectivity index (χ0) is 32.2. The van der Waals surface area contributed by atoms with Crippen LogP contribution in [0.25, 0.3) is 21.9 Å². The van der Waals surface area contributed by atoms with Crippen LogP contribution in [-0.2, 0) is 21.3 Å². The molecule has 2 N–H and O–H groups in total. The average molecular weight is 751 g/mol. The first kappa shape index (κ1) is 33.0. The molecule has 0 aliphatic carbocycles. The van der Waals surface area contributed by atoms with Crippen molar-refractivity contribution in [2.45, 2.75) is 94.7 Å². The summed E-state index contributed by atoms with van der Waals surface area (Å²) in [6.07, 6.45) is 3.54. The summed E-state index contributed by atoms with van der Waals surface area (Å²) in [4.78, 5) is 22.2. The summed E-state index contributed by atoms with van der Waals surface area (Å²) in [5.41, 5.74) is 2.46. The zero-order valence-corrected chi connectivity index (χ0v) is 30.5. The lowest BCUT2D eigenvalue weighted by Gasteiger charge is -2.45. The maximum Gasteiger partial charge on any atom is 0.407 e. The molecular weight excluding hydrogens is 707 g/mol. The molecule has 0 bridgehead atoms. The summed E-state index contributed by atoms with van der Waals surface area (Å²) in [6.45, 7) is 16.0. The second kappa shape index (κ2) is 12.1. The predicted octanol–water partition coefficient (Wildman–Crippen LogP) is 7.85. The Labute approximate surface area is 274 Å². The van der Waals surface area contributed by atoms with Crippen molar-refractivity contribution < 1.29 is 23.1 Å². The first-order valence-corrected chi connectivity index (χ1v) is 21.3. The van der Waals surface area contributed by atoms with Crippen molar-refractivity contribution >= 4 is 68.5 Å². The summed E-state index contributed by atoms with van der Waals surface area (Å²) in [6, 6.07) is 8.11. The Morgan fingerprint density at radius 1 is 1.20 bits per heavy atom. The van der Waals surface area contributed by atoms with Crippen molar-refractivity contribution in [2.75, 3.05) is 13.2 Å². The van der Waals surface area contributed by atoms with Crippen molar-refractivity contribution in [1.29, 1.82) is 0 Å². The van der Waals surface area contributed by atoms with Crippen LogP contribution in [0.5, 0.6) is 0 Å². The molecule has 0 radical (unpaired) electrons. The number of hydrogen-bond acceptors (Lipinski definition) is 5. The normalized spacial score (nSPS) is 18.4. The van der Waals surface area contributed by atoms with Gasteiger partial charge >= 0.3 is 6.09 Å². The molecule has 1 aromatic carbocycles. The van der Waals surface area contributed by atoms with Crippen molar-refractivity contribution in [3.8, 4) is 0 Å². The molecule has 44 heavy (non-hydrogen) atoms. The number of aromatic amines is 1. The van der Waals surface area contributed by atoms with Crippen LogP contribution in [0.2, 0.25) is 25.7 Å². The Bertz CT molecular complexity index is 1820. The Hall–Kier alpha value is -2.42. The van der Waals surface area contributed by atoms with Gasteiger partial charge in [-0.1, -0.05) is 46.5 Å². The molecule has 238 valence electrons. The van der Waals surface area contributed by atoms with Crippen molar-refractivity contribution in [3.63, 3.8) is 0 Å². The van der Waals surface area contributed by atoms with Crippen LogP contribution in [0.15, 0.2) is 46.5 Å². The number of amides is 1. The molecule has 1 amide bonds. The number of benzene rings is 1. The number of halogens is 1. The number of likely N-dealkylation sites (tertiary alicyclic amines) is 1. The minimum atomic E-state index is -4.02. The van der Waals surface area contributed by atoms with E-state index in [2.05, 4.69) is 52.2 Å². The number of fused-ring (bicyclic) bond motifs is 3. The van der Waals surface area contributed by atoms with Crippen molar-refractivity contribution in [1.82, 2.24) is 19.4 Å². The molecule has 0 spiro atoms. The lowest BCUT2D eigenvalue weighted by atomic mass is 9.76. The zero-order valence-electron chi connectivity index (χ0n) is 26.6. The summed E-state index contributed by atoms with van der Waals surface area (Å²) < 4.78 is 39.0. The van der Waals surface area contributed by atoms with E-state index in [1.54, 1.807) is 12.3 Å². The Morgan fingerprint density at radius 3 is 2.59 bits per heavy atom. The van der Waals surface area contributed by atoms with E-state index in [0.29, 0.717) is 48.3 Å². The van der Waals surface area contributed by atoms with Crippen molar-refractivity contribution in [3.05, 3.63) is 51.5 Å². The van der Waals surface area contributed by atoms with E-state index in [0.717, 1.165) is 20.5 Å². The molecule has 2 atom stereocenters. The van der Waals surface area contributed by atoms with Crippen LogP contribution >= 0.6 is 22.6 Å². The van der Waals surface area contributed by atoms with Gasteiger partial charge in [-0.05, 0) is 77.6 Å². The average Bonchev–Trinajstić information content (AvgIpc) is 3.53. The largest absolute Gasteiger partial charge is 0.465 e. The molecule has 1 aliphatic heterocycles. The highest BCUT2D eigenvalue weighted by molar-refractivity contribution is 14.1. The highest BCUT2D eigenvalue weighted by atomic mass is 127. The first-order chi connectivity index (χ1) is 20.5. The number of carboxylic acid groups (broad SMARTS) is 1. The van der Waals surface area contributed by atoms with Gasteiger partial charge in [-0.15, -0.1) is 0 Å². The van der Waals surface area contributed by atoms with Crippen molar-refractivity contribution in [2.24, 2.45) is 5.41 Å². The summed E-state index contributed by atoms with van der Waals surface area (Å²) in [5.74, 6) is -0.218. The number of sulfone groups is 1. The third-order valence-electron chi connectivity index (χ3n) is 8.76. The number of ether oxygens (including phenoxy) is 1. The monoisotopic (exact) mass is 750 g/mol. The molecule has 12 heteroatoms. The molecule has 2 unspecified atom stereocenters. The van der Waals surface area contributed by atoms with E-state index < -0.39 is 24.0 Å². The van der Waals surface area contributed by atoms with Gasteiger partial charge in [0.2, 0.25) is 9.84 Å². The third-order valence-corrected chi connectivity index (χ3v) is 13.1. The highest BCUT2D eigenvalue weighted by Gasteiger charge is 2.43. The molecule has 3 aromatic heterocycles. The maximum absolute atomic E-state index is 14.9. The third kappa shape index (κ3) is 6.31. The molecule has 4 aromatic rings. The number of aromatic nitrogens is 3. The fourth-order valence-electron chi connectivity index (χ4n) is 6.43. The van der Waals surface area contributed by atoms with Gasteiger partial charge in [0.1, 0.15) is 17.3 Å². The van der Waals surface area contributed by atoms with E-state index in [1.165, 1.54) is 4.90 Å². The van der Waals surface area contributed by atoms with Crippen LogP contribution in [0.4, 0.5) is 4.79 Å². The van der Waals surface area contributed by atoms with Gasteiger partial charge in [-0.3, -0.25) is 0 Å². The molecule has 1 saturated heterocycles. The standard InChI is InChI=1S/C32H43IN4O5SSi/c1-20-8-9-22(33)17-25(20)43(40,41)29-24-18-35-30-23(10-12-34-30)28(24)37(19-42-14-15-44(5,6)7)27(29)21-11-13-36(31(38)39)26(16-21)32(2,3)4/h8-10,12,17-18,21,26H,11,13-16,19H2,1-7H3,(H,34,35)(H,38,39). The van der Waals surface area contributed by atoms with Gasteiger partial charge in [0.25, 0.3) is 0 Å². The van der Waals surface area contributed by atoms with Crippen LogP contribution in [0.3, 0.4) is 0 Å². The van der Waals surface area contributed by atoms with Crippen LogP contribution in [0, 0.1) is 15.9 Å². The van der Waals surface area contributed by atoms with E-state index in [4.69, 9.17) is 4.74 Å². The topological polar surface area (TPSA) is 118 Å². The number of nitrogens with one attached hydrogen (secondary N) is 1. The molecule has 5 rings (SSSR count). The smallest absolute Gasteiger partial charge is 0.407 e. The molecule has 9 nitrogen and oxygen atoms in total. The fraction of sp³-hybridized carbons (Fsp3) is 0.500. The maximum atomic E-state index is 14.9. The molecule has 1 fully saturated rings. The number of piperidine rings is 1. The van der Waals surface area contributed by atoms with E-state index in [1.807, 2.05) is 56.7 Å². The number of carbonyl (C=O) groups is 1. The van der Waals surface area contributed by atoms with E-state index in [-0.39, 0.29) is 33.9 Å². The molecule has 1 aliphatic rings. The van der Waals surface area contributed by atoms with Gasteiger partial charge in [0.05, 0.1) is 10.4 Å². The summed E-state index contributed by atoms with van der Waals surface area (Å²) in [7, 11) is -5.38. The SMILES string of the molecule is Cc1ccc(I)cc1S(=O)(=O)c1c(C2CCN(C(=O)O)C(C(C)(C)C)C2)n(COCC[Si](C)(C)C)c2c1cnc1[nH]ccc12.